The molecular weight excluding hydrogens is 296 g/mol. The second kappa shape index (κ2) is 7.08. The highest BCUT2D eigenvalue weighted by atomic mass is 32.2. The van der Waals surface area contributed by atoms with E-state index in [0.29, 0.717) is 0 Å². The van der Waals surface area contributed by atoms with E-state index in [1.165, 1.54) is 9.78 Å². The van der Waals surface area contributed by atoms with Crippen LogP contribution in [-0.2, 0) is 9.84 Å². The first kappa shape index (κ1) is 17.0. The maximum atomic E-state index is 12.0. The first-order chi connectivity index (χ1) is 9.25. The summed E-state index contributed by atoms with van der Waals surface area (Å²) in [6.45, 7) is 5.75. The maximum Gasteiger partial charge on any atom is 0.317 e. The molecular formula is C13H22N2O3S2. The van der Waals surface area contributed by atoms with Gasteiger partial charge in [-0.2, -0.15) is 0 Å². The van der Waals surface area contributed by atoms with Gasteiger partial charge in [0.05, 0.1) is 11.8 Å². The molecule has 0 bridgehead atoms. The number of urea groups is 1. The molecule has 1 N–H and O–H groups in total. The van der Waals surface area contributed by atoms with E-state index in [0.717, 1.165) is 4.88 Å². The minimum atomic E-state index is -3.04. The van der Waals surface area contributed by atoms with E-state index in [1.54, 1.807) is 25.3 Å². The van der Waals surface area contributed by atoms with E-state index in [1.807, 2.05) is 26.0 Å². The summed E-state index contributed by atoms with van der Waals surface area (Å²) in [7, 11) is -1.44. The molecule has 0 saturated heterocycles. The van der Waals surface area contributed by atoms with E-state index in [-0.39, 0.29) is 30.1 Å². The average Bonchev–Trinajstić information content (AvgIpc) is 2.82. The van der Waals surface area contributed by atoms with Gasteiger partial charge in [0.2, 0.25) is 0 Å². The van der Waals surface area contributed by atoms with Gasteiger partial charge in [-0.05, 0) is 26.0 Å². The molecule has 5 nitrogen and oxygen atoms in total. The third-order valence-corrected chi connectivity index (χ3v) is 5.92. The van der Waals surface area contributed by atoms with E-state index >= 15 is 0 Å². The van der Waals surface area contributed by atoms with Crippen molar-refractivity contribution in [2.24, 2.45) is 0 Å². The molecule has 20 heavy (non-hydrogen) atoms. The third kappa shape index (κ3) is 5.13. The van der Waals surface area contributed by atoms with Crippen LogP contribution in [0.3, 0.4) is 0 Å². The molecule has 0 aliphatic rings. The summed E-state index contributed by atoms with van der Waals surface area (Å²) in [6.07, 6.45) is 0. The van der Waals surface area contributed by atoms with Crippen molar-refractivity contribution in [2.45, 2.75) is 26.8 Å². The Bertz CT molecular complexity index is 552. The number of amides is 2. The molecule has 1 heterocycles. The lowest BCUT2D eigenvalue weighted by Gasteiger charge is -2.20. The number of hydrogen-bond acceptors (Lipinski definition) is 4. The molecule has 1 atom stereocenters. The van der Waals surface area contributed by atoms with E-state index < -0.39 is 9.84 Å². The summed E-state index contributed by atoms with van der Waals surface area (Å²) in [4.78, 5) is 15.7. The molecule has 0 aliphatic carbocycles. The van der Waals surface area contributed by atoms with Crippen molar-refractivity contribution < 1.29 is 13.2 Å². The number of aryl methyl sites for hydroxylation is 1. The molecule has 2 amide bonds. The summed E-state index contributed by atoms with van der Waals surface area (Å²) in [6, 6.07) is 3.67. The van der Waals surface area contributed by atoms with Gasteiger partial charge in [0.25, 0.3) is 0 Å². The van der Waals surface area contributed by atoms with Gasteiger partial charge in [-0.3, -0.25) is 0 Å². The molecule has 0 radical (unpaired) electrons. The summed E-state index contributed by atoms with van der Waals surface area (Å²) in [5.74, 6) is 0.104. The monoisotopic (exact) mass is 318 g/mol. The minimum absolute atomic E-state index is 0.0000882. The number of nitrogens with zero attached hydrogens (tertiary/aromatic N) is 1. The van der Waals surface area contributed by atoms with Crippen molar-refractivity contribution >= 4 is 27.2 Å². The molecule has 1 aromatic heterocycles. The van der Waals surface area contributed by atoms with Crippen LogP contribution in [0.1, 0.15) is 29.6 Å². The third-order valence-electron chi connectivity index (χ3n) is 3.05. The highest BCUT2D eigenvalue weighted by molar-refractivity contribution is 7.91. The van der Waals surface area contributed by atoms with Gasteiger partial charge in [0.15, 0.2) is 9.84 Å². The fourth-order valence-corrected chi connectivity index (χ4v) is 3.29. The minimum Gasteiger partial charge on any atom is -0.331 e. The molecule has 0 aromatic carbocycles. The predicted molar refractivity (Wildman–Crippen MR) is 83.0 cm³/mol. The number of rotatable bonds is 6. The van der Waals surface area contributed by atoms with Gasteiger partial charge in [0.1, 0.15) is 0 Å². The highest BCUT2D eigenvalue weighted by Crippen LogP contribution is 2.22. The van der Waals surface area contributed by atoms with Gasteiger partial charge in [-0.25, -0.2) is 13.2 Å². The second-order valence-electron chi connectivity index (χ2n) is 4.78. The van der Waals surface area contributed by atoms with Gasteiger partial charge in [-0.15, -0.1) is 11.3 Å². The largest absolute Gasteiger partial charge is 0.331 e. The van der Waals surface area contributed by atoms with Crippen molar-refractivity contribution in [1.82, 2.24) is 10.2 Å². The zero-order valence-corrected chi connectivity index (χ0v) is 14.0. The van der Waals surface area contributed by atoms with Crippen LogP contribution >= 0.6 is 11.3 Å². The Morgan fingerprint density at radius 2 is 2.10 bits per heavy atom. The predicted octanol–water partition coefficient (Wildman–Crippen LogP) is 2.19. The number of nitrogens with one attached hydrogen (secondary N) is 1. The molecule has 0 aliphatic heterocycles. The molecule has 0 fully saturated rings. The zero-order chi connectivity index (χ0) is 15.3. The standard InChI is InChI=1S/C13H22N2O3S2/c1-5-20(17,18)9-8-15(4)13(16)14-11(3)12-7-6-10(2)19-12/h6-7,11H,5,8-9H2,1-4H3,(H,14,16)/t11-/m1/s1. The number of sulfone groups is 1. The van der Waals surface area contributed by atoms with Crippen molar-refractivity contribution in [2.75, 3.05) is 25.1 Å². The Kier molecular flexibility index (Phi) is 6.01. The number of carbonyl (C=O) groups excluding carboxylic acids is 1. The summed E-state index contributed by atoms with van der Waals surface area (Å²) in [5, 5.41) is 2.87. The molecule has 114 valence electrons. The van der Waals surface area contributed by atoms with Gasteiger partial charge in [0, 0.05) is 29.1 Å². The van der Waals surface area contributed by atoms with Crippen LogP contribution in [0.4, 0.5) is 4.79 Å². The average molecular weight is 318 g/mol. The van der Waals surface area contributed by atoms with Gasteiger partial charge < -0.3 is 10.2 Å². The Morgan fingerprint density at radius 3 is 2.60 bits per heavy atom. The van der Waals surface area contributed by atoms with Crippen LogP contribution in [0.2, 0.25) is 0 Å². The lowest BCUT2D eigenvalue weighted by molar-refractivity contribution is 0.208. The van der Waals surface area contributed by atoms with Crippen LogP contribution in [0.25, 0.3) is 0 Å². The Morgan fingerprint density at radius 1 is 1.45 bits per heavy atom. The lowest BCUT2D eigenvalue weighted by Crippen LogP contribution is -2.40. The van der Waals surface area contributed by atoms with Crippen LogP contribution in [-0.4, -0.2) is 44.4 Å². The fourth-order valence-electron chi connectivity index (χ4n) is 1.57. The summed E-state index contributed by atoms with van der Waals surface area (Å²) >= 11 is 1.64. The second-order valence-corrected chi connectivity index (χ2v) is 8.57. The quantitative estimate of drug-likeness (QED) is 0.874. The fraction of sp³-hybridized carbons (Fsp3) is 0.615. The summed E-state index contributed by atoms with van der Waals surface area (Å²) < 4.78 is 22.8. The van der Waals surface area contributed by atoms with Gasteiger partial charge >= 0.3 is 6.03 Å². The Balaban J connectivity index is 2.49. The molecule has 1 rings (SSSR count). The molecule has 0 saturated carbocycles. The summed E-state index contributed by atoms with van der Waals surface area (Å²) in [5.41, 5.74) is 0. The molecule has 1 aromatic rings. The van der Waals surface area contributed by atoms with Gasteiger partial charge in [-0.1, -0.05) is 6.92 Å². The van der Waals surface area contributed by atoms with Crippen molar-refractivity contribution in [3.05, 3.63) is 21.9 Å². The van der Waals surface area contributed by atoms with Crippen LogP contribution in [0.5, 0.6) is 0 Å². The lowest BCUT2D eigenvalue weighted by atomic mass is 10.3. The Hall–Kier alpha value is -1.08. The van der Waals surface area contributed by atoms with Crippen LogP contribution in [0.15, 0.2) is 12.1 Å². The van der Waals surface area contributed by atoms with E-state index in [4.69, 9.17) is 0 Å². The van der Waals surface area contributed by atoms with E-state index in [2.05, 4.69) is 5.32 Å². The van der Waals surface area contributed by atoms with Crippen molar-refractivity contribution in [3.63, 3.8) is 0 Å². The Labute approximate surface area is 124 Å². The number of thiophene rings is 1. The molecule has 0 spiro atoms. The molecule has 0 unspecified atom stereocenters. The SMILES string of the molecule is CCS(=O)(=O)CCN(C)C(=O)N[C@H](C)c1ccc(C)s1. The highest BCUT2D eigenvalue weighted by Gasteiger charge is 2.16. The zero-order valence-electron chi connectivity index (χ0n) is 12.3. The molecule has 7 heteroatoms. The van der Waals surface area contributed by atoms with Crippen molar-refractivity contribution in [1.29, 1.82) is 0 Å². The van der Waals surface area contributed by atoms with Crippen LogP contribution in [0, 0.1) is 6.92 Å². The smallest absolute Gasteiger partial charge is 0.317 e. The first-order valence-corrected chi connectivity index (χ1v) is 9.17. The normalized spacial score (nSPS) is 13.0. The number of carbonyl (C=O) groups is 1. The van der Waals surface area contributed by atoms with Crippen molar-refractivity contribution in [3.8, 4) is 0 Å². The topological polar surface area (TPSA) is 66.5 Å². The first-order valence-electron chi connectivity index (χ1n) is 6.53. The maximum absolute atomic E-state index is 12.0. The number of hydrogen-bond donors (Lipinski definition) is 1. The van der Waals surface area contributed by atoms with E-state index in [9.17, 15) is 13.2 Å². The van der Waals surface area contributed by atoms with Crippen LogP contribution < -0.4 is 5.32 Å².